The average Bonchev–Trinajstić information content (AvgIpc) is 2.58. The fraction of sp³-hybridized carbons (Fsp3) is 0.579. The van der Waals surface area contributed by atoms with Gasteiger partial charge < -0.3 is 5.32 Å². The molecule has 0 saturated heterocycles. The van der Waals surface area contributed by atoms with E-state index in [1.165, 1.54) is 0 Å². The van der Waals surface area contributed by atoms with Gasteiger partial charge in [0.1, 0.15) is 5.82 Å². The Morgan fingerprint density at radius 1 is 1.04 bits per heavy atom. The monoisotopic (exact) mass is 341 g/mol. The molecule has 0 amide bonds. The van der Waals surface area contributed by atoms with Gasteiger partial charge in [-0.05, 0) is 50.8 Å². The third kappa shape index (κ3) is 4.24. The summed E-state index contributed by atoms with van der Waals surface area (Å²) in [5, 5.41) is 16.5. The van der Waals surface area contributed by atoms with Crippen molar-refractivity contribution < 1.29 is 0 Å². The average molecular weight is 341 g/mol. The van der Waals surface area contributed by atoms with Crippen molar-refractivity contribution in [1.29, 1.82) is 0 Å². The first-order chi connectivity index (χ1) is 11.8. The molecule has 6 heteroatoms. The summed E-state index contributed by atoms with van der Waals surface area (Å²) in [6.45, 7) is 8.31. The number of rotatable bonds is 3. The van der Waals surface area contributed by atoms with E-state index in [4.69, 9.17) is 0 Å². The lowest BCUT2D eigenvalue weighted by Gasteiger charge is -2.29. The predicted molar refractivity (Wildman–Crippen MR) is 98.9 cm³/mol. The smallest absolute Gasteiger partial charge is 0.267 e. The van der Waals surface area contributed by atoms with Crippen molar-refractivity contribution in [2.45, 2.75) is 70.9 Å². The molecule has 25 heavy (non-hydrogen) atoms. The molecule has 1 fully saturated rings. The molecule has 1 saturated carbocycles. The van der Waals surface area contributed by atoms with Gasteiger partial charge in [-0.15, -0.1) is 5.10 Å². The molecule has 1 aliphatic rings. The van der Waals surface area contributed by atoms with Crippen LogP contribution in [-0.2, 0) is 5.41 Å². The SMILES string of the molecule is Cc1ccc(=O)n(C2CCC(Nc3ccc(C(C)(C)C)nn3)CC2)n1. The van der Waals surface area contributed by atoms with Gasteiger partial charge in [-0.2, -0.15) is 10.2 Å². The Morgan fingerprint density at radius 2 is 1.76 bits per heavy atom. The Hall–Kier alpha value is -2.24. The maximum absolute atomic E-state index is 12.0. The zero-order valence-electron chi connectivity index (χ0n) is 15.5. The van der Waals surface area contributed by atoms with Crippen LogP contribution in [0.1, 0.15) is 63.9 Å². The lowest BCUT2D eigenvalue weighted by Crippen LogP contribution is -2.33. The van der Waals surface area contributed by atoms with E-state index in [1.54, 1.807) is 16.8 Å². The summed E-state index contributed by atoms with van der Waals surface area (Å²) in [5.74, 6) is 0.822. The van der Waals surface area contributed by atoms with E-state index in [0.29, 0.717) is 6.04 Å². The van der Waals surface area contributed by atoms with Crippen molar-refractivity contribution >= 4 is 5.82 Å². The van der Waals surface area contributed by atoms with Gasteiger partial charge in [0.2, 0.25) is 0 Å². The molecule has 0 aliphatic heterocycles. The van der Waals surface area contributed by atoms with E-state index in [1.807, 2.05) is 19.1 Å². The molecular weight excluding hydrogens is 314 g/mol. The number of aromatic nitrogens is 4. The fourth-order valence-corrected chi connectivity index (χ4v) is 3.27. The molecule has 0 radical (unpaired) electrons. The van der Waals surface area contributed by atoms with Crippen molar-refractivity contribution in [3.05, 3.63) is 46.0 Å². The van der Waals surface area contributed by atoms with Crippen LogP contribution in [0.15, 0.2) is 29.1 Å². The molecule has 0 bridgehead atoms. The van der Waals surface area contributed by atoms with Crippen LogP contribution in [0.3, 0.4) is 0 Å². The number of hydrogen-bond acceptors (Lipinski definition) is 5. The van der Waals surface area contributed by atoms with Crippen LogP contribution >= 0.6 is 0 Å². The summed E-state index contributed by atoms with van der Waals surface area (Å²) in [5.41, 5.74) is 1.88. The second-order valence-corrected chi connectivity index (χ2v) is 7.96. The minimum Gasteiger partial charge on any atom is -0.366 e. The molecule has 2 aromatic heterocycles. The van der Waals surface area contributed by atoms with Crippen LogP contribution in [-0.4, -0.2) is 26.0 Å². The van der Waals surface area contributed by atoms with E-state index >= 15 is 0 Å². The van der Waals surface area contributed by atoms with Crippen molar-refractivity contribution in [1.82, 2.24) is 20.0 Å². The number of hydrogen-bond donors (Lipinski definition) is 1. The summed E-state index contributed by atoms with van der Waals surface area (Å²) in [4.78, 5) is 12.0. The summed E-state index contributed by atoms with van der Waals surface area (Å²) in [7, 11) is 0. The highest BCUT2D eigenvalue weighted by Crippen LogP contribution is 2.28. The molecule has 0 unspecified atom stereocenters. The van der Waals surface area contributed by atoms with Gasteiger partial charge in [0.15, 0.2) is 0 Å². The highest BCUT2D eigenvalue weighted by Gasteiger charge is 2.24. The molecule has 6 nitrogen and oxygen atoms in total. The van der Waals surface area contributed by atoms with Crippen molar-refractivity contribution in [3.63, 3.8) is 0 Å². The summed E-state index contributed by atoms with van der Waals surface area (Å²) < 4.78 is 1.66. The second kappa shape index (κ2) is 6.94. The summed E-state index contributed by atoms with van der Waals surface area (Å²) >= 11 is 0. The van der Waals surface area contributed by atoms with E-state index in [0.717, 1.165) is 42.9 Å². The molecular formula is C19H27N5O. The van der Waals surface area contributed by atoms with Gasteiger partial charge in [-0.3, -0.25) is 4.79 Å². The van der Waals surface area contributed by atoms with Gasteiger partial charge in [-0.1, -0.05) is 20.8 Å². The number of nitrogens with one attached hydrogen (secondary N) is 1. The Labute approximate surface area is 148 Å². The summed E-state index contributed by atoms with van der Waals surface area (Å²) in [6, 6.07) is 7.99. The number of anilines is 1. The van der Waals surface area contributed by atoms with E-state index < -0.39 is 0 Å². The molecule has 1 aliphatic carbocycles. The van der Waals surface area contributed by atoms with E-state index in [9.17, 15) is 4.79 Å². The van der Waals surface area contributed by atoms with E-state index in [-0.39, 0.29) is 17.0 Å². The molecule has 0 aromatic carbocycles. The third-order valence-electron chi connectivity index (χ3n) is 4.79. The molecule has 0 spiro atoms. The minimum atomic E-state index is -0.00866. The van der Waals surface area contributed by atoms with Crippen molar-refractivity contribution in [2.75, 3.05) is 5.32 Å². The standard InChI is InChI=1S/C19H27N5O/c1-13-5-12-18(25)24(23-13)15-8-6-14(7-9-15)20-17-11-10-16(21-22-17)19(2,3)4/h5,10-12,14-15H,6-9H2,1-4H3,(H,20,22). The van der Waals surface area contributed by atoms with E-state index in [2.05, 4.69) is 41.4 Å². The fourth-order valence-electron chi connectivity index (χ4n) is 3.27. The lowest BCUT2D eigenvalue weighted by molar-refractivity contribution is 0.302. The summed E-state index contributed by atoms with van der Waals surface area (Å²) in [6.07, 6.45) is 3.88. The number of nitrogens with zero attached hydrogens (tertiary/aromatic N) is 4. The van der Waals surface area contributed by atoms with Crippen LogP contribution in [0.5, 0.6) is 0 Å². The zero-order valence-corrected chi connectivity index (χ0v) is 15.5. The van der Waals surface area contributed by atoms with Gasteiger partial charge >= 0.3 is 0 Å². The molecule has 2 heterocycles. The van der Waals surface area contributed by atoms with Crippen LogP contribution in [0.25, 0.3) is 0 Å². The second-order valence-electron chi connectivity index (χ2n) is 7.96. The Bertz CT molecular complexity index is 768. The van der Waals surface area contributed by atoms with Crippen molar-refractivity contribution in [3.8, 4) is 0 Å². The largest absolute Gasteiger partial charge is 0.366 e. The van der Waals surface area contributed by atoms with Gasteiger partial charge in [0, 0.05) is 17.5 Å². The third-order valence-corrected chi connectivity index (χ3v) is 4.79. The molecule has 3 rings (SSSR count). The van der Waals surface area contributed by atoms with Crippen LogP contribution < -0.4 is 10.9 Å². The maximum Gasteiger partial charge on any atom is 0.267 e. The Kier molecular flexibility index (Phi) is 4.88. The quantitative estimate of drug-likeness (QED) is 0.928. The normalized spacial score (nSPS) is 21.1. The van der Waals surface area contributed by atoms with Gasteiger partial charge in [0.25, 0.3) is 5.56 Å². The van der Waals surface area contributed by atoms with Crippen molar-refractivity contribution in [2.24, 2.45) is 0 Å². The highest BCUT2D eigenvalue weighted by atomic mass is 16.1. The van der Waals surface area contributed by atoms with Crippen LogP contribution in [0, 0.1) is 6.92 Å². The molecule has 1 N–H and O–H groups in total. The predicted octanol–water partition coefficient (Wildman–Crippen LogP) is 3.24. The first-order valence-electron chi connectivity index (χ1n) is 9.00. The first-order valence-corrected chi connectivity index (χ1v) is 9.00. The van der Waals surface area contributed by atoms with Crippen LogP contribution in [0.4, 0.5) is 5.82 Å². The zero-order chi connectivity index (χ0) is 18.0. The lowest BCUT2D eigenvalue weighted by atomic mass is 9.91. The molecule has 2 aromatic rings. The van der Waals surface area contributed by atoms with Crippen LogP contribution in [0.2, 0.25) is 0 Å². The molecule has 134 valence electrons. The van der Waals surface area contributed by atoms with Gasteiger partial charge in [0.05, 0.1) is 17.4 Å². The Balaban J connectivity index is 1.59. The topological polar surface area (TPSA) is 72.7 Å². The number of aryl methyl sites for hydroxylation is 1. The maximum atomic E-state index is 12.0. The highest BCUT2D eigenvalue weighted by molar-refractivity contribution is 5.35. The first kappa shape index (κ1) is 17.6. The van der Waals surface area contributed by atoms with Gasteiger partial charge in [-0.25, -0.2) is 4.68 Å². The minimum absolute atomic E-state index is 0.00866. The molecule has 0 atom stereocenters. The Morgan fingerprint density at radius 3 is 2.36 bits per heavy atom.